The Balaban J connectivity index is 2.24. The van der Waals surface area contributed by atoms with Gasteiger partial charge >= 0.3 is 5.97 Å². The van der Waals surface area contributed by atoms with Crippen molar-refractivity contribution in [3.05, 3.63) is 0 Å². The van der Waals surface area contributed by atoms with Gasteiger partial charge in [-0.25, -0.2) is 0 Å². The second kappa shape index (κ2) is 5.26. The van der Waals surface area contributed by atoms with Gasteiger partial charge in [0.1, 0.15) is 5.60 Å². The van der Waals surface area contributed by atoms with E-state index in [1.54, 1.807) is 0 Å². The summed E-state index contributed by atoms with van der Waals surface area (Å²) in [5.41, 5.74) is -1.46. The minimum absolute atomic E-state index is 0.109. The quantitative estimate of drug-likeness (QED) is 0.790. The maximum absolute atomic E-state index is 12.6. The molecule has 3 heteroatoms. The summed E-state index contributed by atoms with van der Waals surface area (Å²) in [7, 11) is 0. The molecule has 2 rings (SSSR count). The van der Waals surface area contributed by atoms with E-state index in [4.69, 9.17) is 4.74 Å². The fraction of sp³-hybridized carbons (Fsp3) is 0.944. The van der Waals surface area contributed by atoms with E-state index in [-0.39, 0.29) is 11.4 Å². The summed E-state index contributed by atoms with van der Waals surface area (Å²) >= 11 is 0. The Morgan fingerprint density at radius 1 is 1.19 bits per heavy atom. The zero-order valence-electron chi connectivity index (χ0n) is 14.4. The number of ether oxygens (including phenoxy) is 1. The summed E-state index contributed by atoms with van der Waals surface area (Å²) in [6, 6.07) is 0. The van der Waals surface area contributed by atoms with Crippen LogP contribution in [0.1, 0.15) is 86.0 Å². The van der Waals surface area contributed by atoms with Crippen LogP contribution in [0.15, 0.2) is 0 Å². The zero-order chi connectivity index (χ0) is 15.9. The number of carbonyl (C=O) groups is 1. The number of hydrogen-bond donors (Lipinski definition) is 1. The van der Waals surface area contributed by atoms with Crippen LogP contribution in [0.2, 0.25) is 0 Å². The standard InChI is InChI=1S/C18H32O3/c1-6-15(3,4)14(19)21-18(7-2)12-16(5)9-8-10-17(20,11-16)13-18/h20H,6-13H2,1-5H3. The molecule has 0 aromatic carbocycles. The molecule has 3 atom stereocenters. The molecule has 3 unspecified atom stereocenters. The van der Waals surface area contributed by atoms with E-state index in [0.29, 0.717) is 6.42 Å². The maximum Gasteiger partial charge on any atom is 0.312 e. The van der Waals surface area contributed by atoms with Crippen molar-refractivity contribution in [3.8, 4) is 0 Å². The van der Waals surface area contributed by atoms with Crippen LogP contribution < -0.4 is 0 Å². The Labute approximate surface area is 129 Å². The Morgan fingerprint density at radius 2 is 1.86 bits per heavy atom. The van der Waals surface area contributed by atoms with Crippen molar-refractivity contribution in [2.24, 2.45) is 10.8 Å². The van der Waals surface area contributed by atoms with Gasteiger partial charge in [-0.15, -0.1) is 0 Å². The lowest BCUT2D eigenvalue weighted by atomic mass is 9.55. The first-order chi connectivity index (χ1) is 9.58. The van der Waals surface area contributed by atoms with Crippen LogP contribution in [0.3, 0.4) is 0 Å². The van der Waals surface area contributed by atoms with Crippen molar-refractivity contribution in [2.75, 3.05) is 0 Å². The number of esters is 1. The number of fused-ring (bicyclic) bond motifs is 2. The molecule has 0 saturated heterocycles. The van der Waals surface area contributed by atoms with Gasteiger partial charge in [0.15, 0.2) is 0 Å². The van der Waals surface area contributed by atoms with Crippen LogP contribution in [0, 0.1) is 10.8 Å². The maximum atomic E-state index is 12.6. The van der Waals surface area contributed by atoms with Crippen molar-refractivity contribution in [2.45, 2.75) is 97.2 Å². The van der Waals surface area contributed by atoms with E-state index in [0.717, 1.165) is 44.9 Å². The molecule has 0 spiro atoms. The molecule has 0 radical (unpaired) electrons. The monoisotopic (exact) mass is 296 g/mol. The van der Waals surface area contributed by atoms with Crippen molar-refractivity contribution in [3.63, 3.8) is 0 Å². The number of hydrogen-bond acceptors (Lipinski definition) is 3. The van der Waals surface area contributed by atoms with Gasteiger partial charge in [0.2, 0.25) is 0 Å². The normalized spacial score (nSPS) is 39.9. The molecule has 2 bridgehead atoms. The van der Waals surface area contributed by atoms with Crippen molar-refractivity contribution >= 4 is 5.97 Å². The highest BCUT2D eigenvalue weighted by Gasteiger charge is 2.55. The second-order valence-corrected chi connectivity index (χ2v) is 8.58. The molecular weight excluding hydrogens is 264 g/mol. The predicted octanol–water partition coefficient (Wildman–Crippen LogP) is 4.22. The fourth-order valence-electron chi connectivity index (χ4n) is 4.43. The minimum Gasteiger partial charge on any atom is -0.459 e. The third kappa shape index (κ3) is 3.28. The van der Waals surface area contributed by atoms with Gasteiger partial charge in [-0.05, 0) is 57.8 Å². The van der Waals surface area contributed by atoms with Crippen molar-refractivity contribution in [1.29, 1.82) is 0 Å². The number of rotatable bonds is 4. The van der Waals surface area contributed by atoms with E-state index in [9.17, 15) is 9.90 Å². The van der Waals surface area contributed by atoms with Crippen LogP contribution in [0.25, 0.3) is 0 Å². The smallest absolute Gasteiger partial charge is 0.312 e. The van der Waals surface area contributed by atoms with Gasteiger partial charge in [0.05, 0.1) is 11.0 Å². The van der Waals surface area contributed by atoms with E-state index >= 15 is 0 Å². The minimum atomic E-state index is -0.641. The fourth-order valence-corrected chi connectivity index (χ4v) is 4.43. The summed E-state index contributed by atoms with van der Waals surface area (Å²) in [6.45, 7) is 10.2. The van der Waals surface area contributed by atoms with Gasteiger partial charge in [-0.1, -0.05) is 27.2 Å². The first-order valence-electron chi connectivity index (χ1n) is 8.54. The lowest BCUT2D eigenvalue weighted by Gasteiger charge is -2.55. The largest absolute Gasteiger partial charge is 0.459 e. The van der Waals surface area contributed by atoms with Crippen LogP contribution >= 0.6 is 0 Å². The van der Waals surface area contributed by atoms with Crippen LogP contribution in [-0.4, -0.2) is 22.3 Å². The van der Waals surface area contributed by atoms with E-state index in [1.807, 2.05) is 20.8 Å². The number of aliphatic hydroxyl groups is 1. The van der Waals surface area contributed by atoms with Crippen LogP contribution in [-0.2, 0) is 9.53 Å². The first kappa shape index (κ1) is 16.8. The first-order valence-corrected chi connectivity index (χ1v) is 8.54. The molecule has 0 aromatic heterocycles. The topological polar surface area (TPSA) is 46.5 Å². The lowest BCUT2D eigenvalue weighted by molar-refractivity contribution is -0.205. The third-order valence-electron chi connectivity index (χ3n) is 5.97. The molecule has 2 saturated carbocycles. The average molecular weight is 296 g/mol. The Bertz CT molecular complexity index is 397. The molecule has 21 heavy (non-hydrogen) atoms. The second-order valence-electron chi connectivity index (χ2n) is 8.58. The van der Waals surface area contributed by atoms with E-state index < -0.39 is 16.6 Å². The molecule has 2 fully saturated rings. The molecule has 0 aliphatic heterocycles. The Kier molecular flexibility index (Phi) is 4.20. The van der Waals surface area contributed by atoms with Crippen LogP contribution in [0.5, 0.6) is 0 Å². The zero-order valence-corrected chi connectivity index (χ0v) is 14.4. The highest BCUT2D eigenvalue weighted by molar-refractivity contribution is 5.76. The highest BCUT2D eigenvalue weighted by Crippen LogP contribution is 2.56. The molecule has 0 aromatic rings. The Morgan fingerprint density at radius 3 is 2.38 bits per heavy atom. The van der Waals surface area contributed by atoms with Crippen LogP contribution in [0.4, 0.5) is 0 Å². The van der Waals surface area contributed by atoms with Crippen molar-refractivity contribution in [1.82, 2.24) is 0 Å². The molecule has 3 nitrogen and oxygen atoms in total. The van der Waals surface area contributed by atoms with Gasteiger partial charge in [0, 0.05) is 6.42 Å². The molecule has 1 N–H and O–H groups in total. The number of carbonyl (C=O) groups excluding carboxylic acids is 1. The summed E-state index contributed by atoms with van der Waals surface area (Å²) < 4.78 is 6.05. The van der Waals surface area contributed by atoms with Gasteiger partial charge < -0.3 is 9.84 Å². The molecule has 0 heterocycles. The lowest BCUT2D eigenvalue weighted by Crippen LogP contribution is -2.56. The third-order valence-corrected chi connectivity index (χ3v) is 5.97. The van der Waals surface area contributed by atoms with Gasteiger partial charge in [-0.2, -0.15) is 0 Å². The summed E-state index contributed by atoms with van der Waals surface area (Å²) in [5.74, 6) is -0.112. The molecule has 122 valence electrons. The van der Waals surface area contributed by atoms with E-state index in [1.165, 1.54) is 0 Å². The predicted molar refractivity (Wildman–Crippen MR) is 83.9 cm³/mol. The SMILES string of the molecule is CCC1(OC(=O)C(C)(C)CC)CC2(C)CCCC(O)(C2)C1. The molecule has 2 aliphatic rings. The van der Waals surface area contributed by atoms with E-state index in [2.05, 4.69) is 13.8 Å². The molecular formula is C18H32O3. The summed E-state index contributed by atoms with van der Waals surface area (Å²) in [6.07, 6.45) is 6.98. The molecule has 2 aliphatic carbocycles. The summed E-state index contributed by atoms with van der Waals surface area (Å²) in [4.78, 5) is 12.6. The average Bonchev–Trinajstić information content (AvgIpc) is 2.36. The van der Waals surface area contributed by atoms with Crippen molar-refractivity contribution < 1.29 is 14.6 Å². The summed E-state index contributed by atoms with van der Waals surface area (Å²) in [5, 5.41) is 10.9. The molecule has 0 amide bonds. The van der Waals surface area contributed by atoms with Gasteiger partial charge in [0.25, 0.3) is 0 Å². The highest BCUT2D eigenvalue weighted by atomic mass is 16.6. The Hall–Kier alpha value is -0.570. The van der Waals surface area contributed by atoms with Gasteiger partial charge in [-0.3, -0.25) is 4.79 Å².